The Morgan fingerprint density at radius 2 is 1.57 bits per heavy atom. The fourth-order valence-corrected chi connectivity index (χ4v) is 3.73. The summed E-state index contributed by atoms with van der Waals surface area (Å²) in [5.74, 6) is -3.45. The van der Waals surface area contributed by atoms with Gasteiger partial charge in [0.15, 0.2) is 40.4 Å². The molecular weight excluding hydrogens is 372 g/mol. The molecule has 0 aliphatic carbocycles. The second-order valence-corrected chi connectivity index (χ2v) is 7.14. The molecular formula is C19H24O9. The van der Waals surface area contributed by atoms with Crippen LogP contribution in [0.4, 0.5) is 0 Å². The smallest absolute Gasteiger partial charge is 0.195 e. The Kier molecular flexibility index (Phi) is 5.91. The Bertz CT molecular complexity index is 779. The molecule has 0 aromatic heterocycles. The minimum atomic E-state index is -3.29. The maximum absolute atomic E-state index is 12.5. The van der Waals surface area contributed by atoms with E-state index in [2.05, 4.69) is 0 Å². The molecule has 5 N–H and O–H groups in total. The lowest BCUT2D eigenvalue weighted by atomic mass is 9.60. The van der Waals surface area contributed by atoms with Crippen LogP contribution in [0.3, 0.4) is 0 Å². The lowest BCUT2D eigenvalue weighted by Gasteiger charge is -2.58. The largest absolute Gasteiger partial charge is 0.382 e. The molecule has 0 spiro atoms. The van der Waals surface area contributed by atoms with Crippen molar-refractivity contribution >= 4 is 17.3 Å². The number of aliphatic hydroxyl groups excluding tert-OH is 2. The summed E-state index contributed by atoms with van der Waals surface area (Å²) in [6.45, 7) is 2.54. The molecule has 2 rings (SSSR count). The van der Waals surface area contributed by atoms with Gasteiger partial charge < -0.3 is 30.3 Å². The highest BCUT2D eigenvalue weighted by Crippen LogP contribution is 2.47. The third-order valence-corrected chi connectivity index (χ3v) is 5.34. The fraction of sp³-hybridized carbons (Fsp3) is 0.526. The van der Waals surface area contributed by atoms with Crippen molar-refractivity contribution in [2.24, 2.45) is 0 Å². The molecule has 9 heteroatoms. The maximum Gasteiger partial charge on any atom is 0.195 e. The fourth-order valence-electron chi connectivity index (χ4n) is 3.73. The topological polar surface area (TPSA) is 162 Å². The first-order chi connectivity index (χ1) is 12.8. The van der Waals surface area contributed by atoms with E-state index in [0.29, 0.717) is 5.56 Å². The van der Waals surface area contributed by atoms with Gasteiger partial charge >= 0.3 is 0 Å². The highest BCUT2D eigenvalue weighted by atomic mass is 16.6. The van der Waals surface area contributed by atoms with Crippen LogP contribution in [0.25, 0.3) is 0 Å². The number of ether oxygens (including phenoxy) is 1. The first kappa shape index (κ1) is 22.3. The van der Waals surface area contributed by atoms with Gasteiger partial charge in [-0.05, 0) is 26.3 Å². The minimum Gasteiger partial charge on any atom is -0.382 e. The van der Waals surface area contributed by atoms with Gasteiger partial charge in [0, 0.05) is 6.42 Å². The van der Waals surface area contributed by atoms with Crippen LogP contribution in [-0.2, 0) is 25.5 Å². The van der Waals surface area contributed by atoms with Crippen molar-refractivity contribution in [3.05, 3.63) is 35.9 Å². The van der Waals surface area contributed by atoms with E-state index in [1.807, 2.05) is 0 Å². The van der Waals surface area contributed by atoms with E-state index in [-0.39, 0.29) is 0 Å². The average Bonchev–Trinajstić information content (AvgIpc) is 2.63. The Morgan fingerprint density at radius 3 is 2.00 bits per heavy atom. The predicted molar refractivity (Wildman–Crippen MR) is 93.9 cm³/mol. The molecule has 6 atom stereocenters. The second-order valence-electron chi connectivity index (χ2n) is 7.14. The van der Waals surface area contributed by atoms with Gasteiger partial charge in [-0.1, -0.05) is 30.3 Å². The lowest BCUT2D eigenvalue weighted by molar-refractivity contribution is -0.376. The van der Waals surface area contributed by atoms with E-state index in [1.165, 1.54) is 12.1 Å². The first-order valence-electron chi connectivity index (χ1n) is 8.59. The molecule has 1 aliphatic heterocycles. The molecule has 1 aromatic carbocycles. The third-order valence-electron chi connectivity index (χ3n) is 5.34. The van der Waals surface area contributed by atoms with E-state index in [1.54, 1.807) is 18.2 Å². The number of ketones is 3. The van der Waals surface area contributed by atoms with Gasteiger partial charge in [0.05, 0.1) is 0 Å². The molecule has 28 heavy (non-hydrogen) atoms. The number of aliphatic hydroxyl groups is 5. The van der Waals surface area contributed by atoms with Crippen LogP contribution in [0, 0.1) is 0 Å². The van der Waals surface area contributed by atoms with Crippen LogP contribution >= 0.6 is 0 Å². The molecule has 1 aromatic rings. The molecule has 1 saturated heterocycles. The molecule has 1 aliphatic rings. The van der Waals surface area contributed by atoms with E-state index in [4.69, 9.17) is 4.74 Å². The van der Waals surface area contributed by atoms with Crippen LogP contribution < -0.4 is 0 Å². The number of Topliss-reactive ketones (excluding diaryl/α,β-unsaturated/α-hetero) is 3. The number of carbonyl (C=O) groups is 3. The van der Waals surface area contributed by atoms with E-state index < -0.39 is 59.1 Å². The summed E-state index contributed by atoms with van der Waals surface area (Å²) < 4.78 is 5.07. The molecule has 154 valence electrons. The van der Waals surface area contributed by atoms with Crippen LogP contribution in [0.2, 0.25) is 0 Å². The number of carbonyl (C=O) groups excluding carboxylic acids is 3. The number of hydrogen-bond donors (Lipinski definition) is 5. The summed E-state index contributed by atoms with van der Waals surface area (Å²) in [5.41, 5.74) is -9.02. The maximum atomic E-state index is 12.5. The second kappa shape index (κ2) is 7.43. The van der Waals surface area contributed by atoms with Gasteiger partial charge in [0.2, 0.25) is 0 Å². The van der Waals surface area contributed by atoms with Gasteiger partial charge in [-0.3, -0.25) is 14.4 Å². The Morgan fingerprint density at radius 1 is 1.04 bits per heavy atom. The van der Waals surface area contributed by atoms with Gasteiger partial charge in [0.1, 0.15) is 12.2 Å². The summed E-state index contributed by atoms with van der Waals surface area (Å²) in [5, 5.41) is 54.1. The van der Waals surface area contributed by atoms with Crippen molar-refractivity contribution in [3.8, 4) is 0 Å². The van der Waals surface area contributed by atoms with E-state index in [9.17, 15) is 39.9 Å². The summed E-state index contributed by atoms with van der Waals surface area (Å²) >= 11 is 0. The van der Waals surface area contributed by atoms with Crippen LogP contribution in [0.1, 0.15) is 26.3 Å². The molecule has 1 fully saturated rings. The molecule has 0 saturated carbocycles. The summed E-state index contributed by atoms with van der Waals surface area (Å²) in [6.07, 6.45) is -7.25. The normalized spacial score (nSPS) is 36.6. The van der Waals surface area contributed by atoms with E-state index >= 15 is 0 Å². The van der Waals surface area contributed by atoms with Crippen molar-refractivity contribution in [3.63, 3.8) is 0 Å². The predicted octanol–water partition coefficient (Wildman–Crippen LogP) is -1.73. The third kappa shape index (κ3) is 3.00. The highest BCUT2D eigenvalue weighted by Gasteiger charge is 2.77. The van der Waals surface area contributed by atoms with Crippen molar-refractivity contribution < 1.29 is 44.7 Å². The quantitative estimate of drug-likeness (QED) is 0.376. The molecule has 1 heterocycles. The van der Waals surface area contributed by atoms with Crippen LogP contribution in [-0.4, -0.2) is 78.2 Å². The molecule has 1 unspecified atom stereocenters. The van der Waals surface area contributed by atoms with Crippen molar-refractivity contribution in [1.29, 1.82) is 0 Å². The number of benzene rings is 1. The molecule has 0 amide bonds. The summed E-state index contributed by atoms with van der Waals surface area (Å²) in [4.78, 5) is 36.5. The first-order valence-corrected chi connectivity index (χ1v) is 8.59. The zero-order chi connectivity index (χ0) is 21.5. The summed E-state index contributed by atoms with van der Waals surface area (Å²) in [7, 11) is 0. The number of rotatable bonds is 6. The number of hydrogen-bond acceptors (Lipinski definition) is 9. The van der Waals surface area contributed by atoms with E-state index in [0.717, 1.165) is 20.8 Å². The van der Waals surface area contributed by atoms with Crippen molar-refractivity contribution in [2.75, 3.05) is 0 Å². The lowest BCUT2D eigenvalue weighted by Crippen LogP contribution is -2.86. The monoisotopic (exact) mass is 396 g/mol. The van der Waals surface area contributed by atoms with Gasteiger partial charge in [0.25, 0.3) is 0 Å². The standard InChI is InChI=1S/C19H24O9/c1-10(20)14(23)15-18(26,11(2)21)19(27,12(3)22)17(25,16(24)28-15)9-13-7-5-4-6-8-13/h4-8,14-16,23-27H,9H2,1-3H3/t14?,15-,16+,17-,18-,19-/m1/s1. The zero-order valence-electron chi connectivity index (χ0n) is 15.7. The Labute approximate surface area is 161 Å². The summed E-state index contributed by atoms with van der Waals surface area (Å²) in [6, 6.07) is 7.91. The van der Waals surface area contributed by atoms with Crippen molar-refractivity contribution in [2.45, 2.75) is 62.5 Å². The molecule has 9 nitrogen and oxygen atoms in total. The van der Waals surface area contributed by atoms with Crippen LogP contribution in [0.5, 0.6) is 0 Å². The Hall–Kier alpha value is -2.01. The van der Waals surface area contributed by atoms with Gasteiger partial charge in [-0.25, -0.2) is 0 Å². The van der Waals surface area contributed by atoms with Crippen LogP contribution in [0.15, 0.2) is 30.3 Å². The van der Waals surface area contributed by atoms with Gasteiger partial charge in [-0.15, -0.1) is 0 Å². The Balaban J connectivity index is 2.74. The molecule has 0 bridgehead atoms. The highest BCUT2D eigenvalue weighted by molar-refractivity contribution is 6.00. The van der Waals surface area contributed by atoms with Gasteiger partial charge in [-0.2, -0.15) is 0 Å². The van der Waals surface area contributed by atoms with Crippen molar-refractivity contribution in [1.82, 2.24) is 0 Å². The molecule has 0 radical (unpaired) electrons. The zero-order valence-corrected chi connectivity index (χ0v) is 15.7. The average molecular weight is 396 g/mol. The minimum absolute atomic E-state index is 0.351. The SMILES string of the molecule is CC(=O)C(O)[C@H]1O[C@H](O)[C@](O)(Cc2ccccc2)[C@](O)(C(C)=O)[C@@]1(O)C(C)=O.